The van der Waals surface area contributed by atoms with Crippen LogP contribution in [0, 0.1) is 0 Å². The van der Waals surface area contributed by atoms with Crippen molar-refractivity contribution < 1.29 is 19.2 Å². The summed E-state index contributed by atoms with van der Waals surface area (Å²) in [6.45, 7) is 8.83. The lowest BCUT2D eigenvalue weighted by molar-refractivity contribution is 0.0266. The first-order valence-corrected chi connectivity index (χ1v) is 6.30. The highest BCUT2D eigenvalue weighted by atomic mass is 16.6. The Labute approximate surface area is 109 Å². The number of rotatable bonds is 3. The minimum Gasteiger partial charge on any atom is -0.444 e. The largest absolute Gasteiger partial charge is 0.486 e. The minimum atomic E-state index is -0.851. The molecule has 1 heterocycles. The summed E-state index contributed by atoms with van der Waals surface area (Å²) in [6.07, 6.45) is 2.12. The molecule has 1 aliphatic heterocycles. The Morgan fingerprint density at radius 2 is 2.22 bits per heavy atom. The summed E-state index contributed by atoms with van der Waals surface area (Å²) in [7, 11) is -0.851. The van der Waals surface area contributed by atoms with Crippen LogP contribution in [0.4, 0.5) is 4.79 Å². The highest BCUT2D eigenvalue weighted by molar-refractivity contribution is 6.52. The summed E-state index contributed by atoms with van der Waals surface area (Å²) >= 11 is 0. The average molecular weight is 255 g/mol. The molecular formula is C12H22BNO4. The number of carbonyl (C=O) groups is 1. The van der Waals surface area contributed by atoms with Gasteiger partial charge >= 0.3 is 13.2 Å². The van der Waals surface area contributed by atoms with Crippen molar-refractivity contribution in [2.75, 3.05) is 19.7 Å². The van der Waals surface area contributed by atoms with Crippen molar-refractivity contribution in [1.82, 2.24) is 4.90 Å². The summed E-state index contributed by atoms with van der Waals surface area (Å²) in [4.78, 5) is 13.4. The second-order valence-electron chi connectivity index (χ2n) is 5.26. The van der Waals surface area contributed by atoms with Gasteiger partial charge in [0, 0.05) is 19.7 Å². The average Bonchev–Trinajstić information content (AvgIpc) is 2.27. The maximum absolute atomic E-state index is 11.8. The molecule has 6 heteroatoms. The van der Waals surface area contributed by atoms with Crippen molar-refractivity contribution in [3.05, 3.63) is 11.5 Å². The molecule has 102 valence electrons. The molecule has 0 spiro atoms. The van der Waals surface area contributed by atoms with Gasteiger partial charge in [0.15, 0.2) is 0 Å². The number of hydrogen-bond acceptors (Lipinski definition) is 4. The Bertz CT molecular complexity index is 325. The molecule has 18 heavy (non-hydrogen) atoms. The Balaban J connectivity index is 2.50. The van der Waals surface area contributed by atoms with E-state index >= 15 is 0 Å². The number of amides is 1. The van der Waals surface area contributed by atoms with Crippen molar-refractivity contribution >= 4 is 13.2 Å². The molecule has 0 aliphatic carbocycles. The molecule has 0 saturated heterocycles. The zero-order valence-electron chi connectivity index (χ0n) is 11.6. The van der Waals surface area contributed by atoms with Crippen LogP contribution in [0.25, 0.3) is 0 Å². The lowest BCUT2D eigenvalue weighted by Gasteiger charge is -2.29. The van der Waals surface area contributed by atoms with E-state index in [4.69, 9.17) is 9.39 Å². The van der Waals surface area contributed by atoms with Crippen LogP contribution < -0.4 is 0 Å². The molecule has 0 aromatic rings. The van der Waals surface area contributed by atoms with Crippen LogP contribution in [0.1, 0.15) is 34.1 Å². The molecule has 1 aliphatic rings. The summed E-state index contributed by atoms with van der Waals surface area (Å²) in [6, 6.07) is 0. The highest BCUT2D eigenvalue weighted by Crippen LogP contribution is 2.16. The zero-order valence-corrected chi connectivity index (χ0v) is 11.6. The molecule has 0 aromatic heterocycles. The Morgan fingerprint density at radius 3 is 2.67 bits per heavy atom. The molecule has 0 bridgehead atoms. The lowest BCUT2D eigenvalue weighted by atomic mass is 9.75. The molecule has 1 N–H and O–H groups in total. The van der Waals surface area contributed by atoms with Crippen LogP contribution in [-0.2, 0) is 9.39 Å². The maximum Gasteiger partial charge on any atom is 0.486 e. The van der Waals surface area contributed by atoms with E-state index in [1.54, 1.807) is 4.90 Å². The van der Waals surface area contributed by atoms with Gasteiger partial charge in [-0.3, -0.25) is 0 Å². The van der Waals surface area contributed by atoms with Gasteiger partial charge in [-0.1, -0.05) is 6.08 Å². The van der Waals surface area contributed by atoms with Crippen LogP contribution in [0.2, 0.25) is 0 Å². The Hall–Kier alpha value is -1.01. The molecule has 0 aromatic carbocycles. The van der Waals surface area contributed by atoms with Gasteiger partial charge in [-0.25, -0.2) is 4.79 Å². The van der Waals surface area contributed by atoms with E-state index in [1.807, 2.05) is 33.8 Å². The predicted octanol–water partition coefficient (Wildman–Crippen LogP) is 1.61. The van der Waals surface area contributed by atoms with E-state index in [1.165, 1.54) is 0 Å². The van der Waals surface area contributed by atoms with Gasteiger partial charge in [0.2, 0.25) is 0 Å². The third kappa shape index (κ3) is 4.70. The third-order valence-electron chi connectivity index (χ3n) is 2.54. The SMILES string of the molecule is CCOB(O)C1=CCN(C(=O)OC(C)(C)C)CC1. The van der Waals surface area contributed by atoms with Gasteiger partial charge < -0.3 is 19.3 Å². The van der Waals surface area contributed by atoms with Crippen LogP contribution in [0.3, 0.4) is 0 Å². The summed E-state index contributed by atoms with van der Waals surface area (Å²) in [5, 5.41) is 9.66. The Morgan fingerprint density at radius 1 is 1.56 bits per heavy atom. The van der Waals surface area contributed by atoms with E-state index < -0.39 is 12.7 Å². The number of carbonyl (C=O) groups excluding carboxylic acids is 1. The maximum atomic E-state index is 11.8. The molecule has 0 atom stereocenters. The molecule has 1 amide bonds. The van der Waals surface area contributed by atoms with Crippen LogP contribution >= 0.6 is 0 Å². The van der Waals surface area contributed by atoms with Gasteiger partial charge in [0.25, 0.3) is 0 Å². The second kappa shape index (κ2) is 6.25. The molecule has 5 nitrogen and oxygen atoms in total. The molecular weight excluding hydrogens is 233 g/mol. The fourth-order valence-corrected chi connectivity index (χ4v) is 1.67. The predicted molar refractivity (Wildman–Crippen MR) is 70.1 cm³/mol. The molecule has 0 saturated carbocycles. The van der Waals surface area contributed by atoms with Crippen LogP contribution in [-0.4, -0.2) is 48.4 Å². The van der Waals surface area contributed by atoms with E-state index in [0.29, 0.717) is 26.1 Å². The number of hydrogen-bond donors (Lipinski definition) is 1. The molecule has 0 radical (unpaired) electrons. The van der Waals surface area contributed by atoms with E-state index in [9.17, 15) is 9.82 Å². The van der Waals surface area contributed by atoms with E-state index in [-0.39, 0.29) is 6.09 Å². The Kier molecular flexibility index (Phi) is 5.22. The van der Waals surface area contributed by atoms with Crippen molar-refractivity contribution in [3.63, 3.8) is 0 Å². The second-order valence-corrected chi connectivity index (χ2v) is 5.26. The fourth-order valence-electron chi connectivity index (χ4n) is 1.67. The van der Waals surface area contributed by atoms with Gasteiger partial charge in [-0.15, -0.1) is 0 Å². The van der Waals surface area contributed by atoms with Crippen LogP contribution in [0.15, 0.2) is 11.5 Å². The monoisotopic (exact) mass is 255 g/mol. The number of ether oxygens (including phenoxy) is 1. The topological polar surface area (TPSA) is 59.0 Å². The highest BCUT2D eigenvalue weighted by Gasteiger charge is 2.27. The van der Waals surface area contributed by atoms with Crippen molar-refractivity contribution in [1.29, 1.82) is 0 Å². The summed E-state index contributed by atoms with van der Waals surface area (Å²) in [5.41, 5.74) is 0.350. The van der Waals surface area contributed by atoms with Gasteiger partial charge in [-0.2, -0.15) is 0 Å². The van der Waals surface area contributed by atoms with Gasteiger partial charge in [-0.05, 0) is 39.6 Å². The van der Waals surface area contributed by atoms with E-state index in [2.05, 4.69) is 0 Å². The lowest BCUT2D eigenvalue weighted by Crippen LogP contribution is -2.40. The van der Waals surface area contributed by atoms with Crippen molar-refractivity contribution in [2.45, 2.75) is 39.7 Å². The molecule has 0 unspecified atom stereocenters. The quantitative estimate of drug-likeness (QED) is 0.778. The number of nitrogens with zero attached hydrogens (tertiary/aromatic N) is 1. The third-order valence-corrected chi connectivity index (χ3v) is 2.54. The van der Waals surface area contributed by atoms with Gasteiger partial charge in [0.05, 0.1) is 0 Å². The van der Waals surface area contributed by atoms with Crippen molar-refractivity contribution in [3.8, 4) is 0 Å². The van der Waals surface area contributed by atoms with E-state index in [0.717, 1.165) is 5.47 Å². The summed E-state index contributed by atoms with van der Waals surface area (Å²) in [5.74, 6) is 0. The fraction of sp³-hybridized carbons (Fsp3) is 0.750. The van der Waals surface area contributed by atoms with Crippen molar-refractivity contribution in [2.24, 2.45) is 0 Å². The first-order valence-electron chi connectivity index (χ1n) is 6.30. The molecule has 1 rings (SSSR count). The minimum absolute atomic E-state index is 0.316. The van der Waals surface area contributed by atoms with Crippen LogP contribution in [0.5, 0.6) is 0 Å². The first kappa shape index (κ1) is 15.1. The smallest absolute Gasteiger partial charge is 0.444 e. The van der Waals surface area contributed by atoms with Gasteiger partial charge in [0.1, 0.15) is 5.60 Å². The molecule has 0 fully saturated rings. The normalized spacial score (nSPS) is 16.3. The first-order chi connectivity index (χ1) is 8.33. The zero-order chi connectivity index (χ0) is 13.8. The standard InChI is InChI=1S/C12H22BNO4/c1-5-17-13(16)10-6-8-14(9-7-10)11(15)18-12(2,3)4/h6,16H,5,7-9H2,1-4H3. The summed E-state index contributed by atoms with van der Waals surface area (Å²) < 4.78 is 10.4.